The van der Waals surface area contributed by atoms with Gasteiger partial charge in [0.25, 0.3) is 5.91 Å². The van der Waals surface area contributed by atoms with E-state index in [1.807, 2.05) is 6.07 Å². The minimum absolute atomic E-state index is 0.0857. The predicted octanol–water partition coefficient (Wildman–Crippen LogP) is 4.18. The number of rotatable bonds is 10. The molecule has 1 saturated heterocycles. The van der Waals surface area contributed by atoms with Gasteiger partial charge < -0.3 is 19.0 Å². The van der Waals surface area contributed by atoms with E-state index >= 15 is 0 Å². The van der Waals surface area contributed by atoms with Gasteiger partial charge >= 0.3 is 0 Å². The number of furan rings is 1. The summed E-state index contributed by atoms with van der Waals surface area (Å²) in [5.74, 6) is -0.140. The van der Waals surface area contributed by atoms with Crippen LogP contribution in [0.3, 0.4) is 0 Å². The van der Waals surface area contributed by atoms with Gasteiger partial charge in [0.2, 0.25) is 5.91 Å². The molecule has 2 amide bonds. The summed E-state index contributed by atoms with van der Waals surface area (Å²) in [6.45, 7) is 4.38. The van der Waals surface area contributed by atoms with Crippen LogP contribution in [0.25, 0.3) is 0 Å². The lowest BCUT2D eigenvalue weighted by molar-refractivity contribution is -0.133. The Bertz CT molecular complexity index is 1130. The smallest absolute Gasteiger partial charge is 0.254 e. The predicted molar refractivity (Wildman–Crippen MR) is 137 cm³/mol. The second-order valence-electron chi connectivity index (χ2n) is 8.65. The van der Waals surface area contributed by atoms with Gasteiger partial charge in [-0.3, -0.25) is 14.5 Å². The third-order valence-corrected chi connectivity index (χ3v) is 6.53. The average Bonchev–Trinajstić information content (AvgIpc) is 3.41. The van der Waals surface area contributed by atoms with Gasteiger partial charge in [-0.05, 0) is 48.0 Å². The standard InChI is InChI=1S/C27H29BrFN3O4/c28-23-4-1-3-22(17-23)27(34)31(11-10-30-12-15-35-16-13-30)20-26(33)32(19-25-5-2-14-36-25)18-21-6-8-24(29)9-7-21/h1-9,14,17H,10-13,15-16,18-20H2. The number of carbonyl (C=O) groups is 2. The van der Waals surface area contributed by atoms with E-state index in [-0.39, 0.29) is 37.3 Å². The molecule has 2 heterocycles. The maximum absolute atomic E-state index is 13.6. The molecule has 9 heteroatoms. The molecule has 1 aliphatic rings. The fraction of sp³-hybridized carbons (Fsp3) is 0.333. The van der Waals surface area contributed by atoms with Crippen molar-refractivity contribution in [2.75, 3.05) is 45.9 Å². The summed E-state index contributed by atoms with van der Waals surface area (Å²) in [5.41, 5.74) is 1.30. The third kappa shape index (κ3) is 7.49. The molecule has 0 unspecified atom stereocenters. The highest BCUT2D eigenvalue weighted by Crippen LogP contribution is 2.16. The Morgan fingerprint density at radius 3 is 2.44 bits per heavy atom. The van der Waals surface area contributed by atoms with Gasteiger partial charge in [0, 0.05) is 42.8 Å². The highest BCUT2D eigenvalue weighted by molar-refractivity contribution is 9.10. The third-order valence-electron chi connectivity index (χ3n) is 6.04. The molecule has 0 radical (unpaired) electrons. The second-order valence-corrected chi connectivity index (χ2v) is 9.56. The summed E-state index contributed by atoms with van der Waals surface area (Å²) in [4.78, 5) is 32.5. The SMILES string of the molecule is O=C(CN(CCN1CCOCC1)C(=O)c1cccc(Br)c1)N(Cc1ccc(F)cc1)Cc1ccco1. The van der Waals surface area contributed by atoms with E-state index in [9.17, 15) is 14.0 Å². The van der Waals surface area contributed by atoms with Gasteiger partial charge in [-0.1, -0.05) is 34.1 Å². The van der Waals surface area contributed by atoms with Crippen molar-refractivity contribution < 1.29 is 23.1 Å². The fourth-order valence-corrected chi connectivity index (χ4v) is 4.44. The van der Waals surface area contributed by atoms with Gasteiger partial charge in [-0.25, -0.2) is 4.39 Å². The van der Waals surface area contributed by atoms with E-state index in [0.29, 0.717) is 37.6 Å². The minimum atomic E-state index is -0.337. The number of hydrogen-bond donors (Lipinski definition) is 0. The summed E-state index contributed by atoms with van der Waals surface area (Å²) in [5, 5.41) is 0. The molecule has 0 aliphatic carbocycles. The number of hydrogen-bond acceptors (Lipinski definition) is 5. The molecular formula is C27H29BrFN3O4. The molecule has 1 aliphatic heterocycles. The first-order valence-electron chi connectivity index (χ1n) is 11.9. The van der Waals surface area contributed by atoms with Gasteiger partial charge in [0.15, 0.2) is 0 Å². The molecule has 190 valence electrons. The fourth-order valence-electron chi connectivity index (χ4n) is 4.04. The Kier molecular flexibility index (Phi) is 9.27. The number of carbonyl (C=O) groups excluding carboxylic acids is 2. The molecular weight excluding hydrogens is 529 g/mol. The largest absolute Gasteiger partial charge is 0.467 e. The molecule has 36 heavy (non-hydrogen) atoms. The zero-order valence-corrected chi connectivity index (χ0v) is 21.5. The van der Waals surface area contributed by atoms with Crippen molar-refractivity contribution in [2.45, 2.75) is 13.1 Å². The van der Waals surface area contributed by atoms with Crippen LogP contribution < -0.4 is 0 Å². The van der Waals surface area contributed by atoms with Crippen LogP contribution in [0.4, 0.5) is 4.39 Å². The number of benzene rings is 2. The molecule has 1 fully saturated rings. The Hall–Kier alpha value is -3.01. The minimum Gasteiger partial charge on any atom is -0.467 e. The summed E-state index contributed by atoms with van der Waals surface area (Å²) in [6, 6.07) is 16.8. The molecule has 4 rings (SSSR count). The summed E-state index contributed by atoms with van der Waals surface area (Å²) in [7, 11) is 0. The highest BCUT2D eigenvalue weighted by atomic mass is 79.9. The average molecular weight is 558 g/mol. The molecule has 0 N–H and O–H groups in total. The highest BCUT2D eigenvalue weighted by Gasteiger charge is 2.24. The van der Waals surface area contributed by atoms with E-state index in [4.69, 9.17) is 9.15 Å². The second kappa shape index (κ2) is 12.8. The van der Waals surface area contributed by atoms with E-state index in [1.54, 1.807) is 58.5 Å². The Morgan fingerprint density at radius 2 is 1.75 bits per heavy atom. The summed E-state index contributed by atoms with van der Waals surface area (Å²) < 4.78 is 25.1. The first-order chi connectivity index (χ1) is 17.5. The number of ether oxygens (including phenoxy) is 1. The number of nitrogens with zero attached hydrogens (tertiary/aromatic N) is 3. The van der Waals surface area contributed by atoms with Crippen LogP contribution in [0.15, 0.2) is 75.8 Å². The number of halogens is 2. The van der Waals surface area contributed by atoms with Crippen LogP contribution in [0.1, 0.15) is 21.7 Å². The molecule has 0 bridgehead atoms. The Labute approximate surface area is 218 Å². The molecule has 1 aromatic heterocycles. The Morgan fingerprint density at radius 1 is 0.972 bits per heavy atom. The van der Waals surface area contributed by atoms with Gasteiger partial charge in [-0.2, -0.15) is 0 Å². The number of amides is 2. The lowest BCUT2D eigenvalue weighted by Crippen LogP contribution is -2.47. The van der Waals surface area contributed by atoms with Crippen LogP contribution in [0.5, 0.6) is 0 Å². The van der Waals surface area contributed by atoms with Crippen molar-refractivity contribution in [3.63, 3.8) is 0 Å². The quantitative estimate of drug-likeness (QED) is 0.374. The van der Waals surface area contributed by atoms with Crippen LogP contribution in [-0.2, 0) is 22.6 Å². The Balaban J connectivity index is 1.52. The van der Waals surface area contributed by atoms with Crippen LogP contribution in [0, 0.1) is 5.82 Å². The lowest BCUT2D eigenvalue weighted by Gasteiger charge is -2.31. The molecule has 0 spiro atoms. The van der Waals surface area contributed by atoms with Gasteiger partial charge in [0.1, 0.15) is 18.1 Å². The lowest BCUT2D eigenvalue weighted by atomic mass is 10.2. The molecule has 2 aromatic carbocycles. The van der Waals surface area contributed by atoms with Crippen molar-refractivity contribution in [1.29, 1.82) is 0 Å². The van der Waals surface area contributed by atoms with Gasteiger partial charge in [-0.15, -0.1) is 0 Å². The molecule has 3 aromatic rings. The normalized spacial score (nSPS) is 13.9. The van der Waals surface area contributed by atoms with E-state index in [0.717, 1.165) is 23.1 Å². The topological polar surface area (TPSA) is 66.2 Å². The number of morpholine rings is 1. The van der Waals surface area contributed by atoms with Crippen LogP contribution in [0.2, 0.25) is 0 Å². The maximum Gasteiger partial charge on any atom is 0.254 e. The summed E-state index contributed by atoms with van der Waals surface area (Å²) >= 11 is 3.43. The van der Waals surface area contributed by atoms with Crippen molar-refractivity contribution in [2.24, 2.45) is 0 Å². The van der Waals surface area contributed by atoms with E-state index in [1.165, 1.54) is 12.1 Å². The molecule has 0 saturated carbocycles. The zero-order chi connectivity index (χ0) is 25.3. The first kappa shape index (κ1) is 26.1. The molecule has 0 atom stereocenters. The molecule has 7 nitrogen and oxygen atoms in total. The monoisotopic (exact) mass is 557 g/mol. The van der Waals surface area contributed by atoms with Crippen molar-refractivity contribution >= 4 is 27.7 Å². The van der Waals surface area contributed by atoms with Crippen LogP contribution in [-0.4, -0.2) is 72.5 Å². The maximum atomic E-state index is 13.6. The van der Waals surface area contributed by atoms with E-state index < -0.39 is 0 Å². The van der Waals surface area contributed by atoms with Crippen molar-refractivity contribution in [1.82, 2.24) is 14.7 Å². The van der Waals surface area contributed by atoms with Crippen LogP contribution >= 0.6 is 15.9 Å². The summed E-state index contributed by atoms with van der Waals surface area (Å²) in [6.07, 6.45) is 1.56. The van der Waals surface area contributed by atoms with Crippen molar-refractivity contribution in [3.8, 4) is 0 Å². The van der Waals surface area contributed by atoms with Gasteiger partial charge in [0.05, 0.1) is 26.0 Å². The first-order valence-corrected chi connectivity index (χ1v) is 12.7. The van der Waals surface area contributed by atoms with E-state index in [2.05, 4.69) is 20.8 Å². The van der Waals surface area contributed by atoms with Crippen molar-refractivity contribution in [3.05, 3.63) is 94.1 Å². The zero-order valence-electron chi connectivity index (χ0n) is 19.9.